The van der Waals surface area contributed by atoms with Gasteiger partial charge in [0.2, 0.25) is 11.8 Å². The largest absolute Gasteiger partial charge is 0.495 e. The maximum atomic E-state index is 13.7. The first kappa shape index (κ1) is 27.5. The van der Waals surface area contributed by atoms with Crippen LogP contribution in [0.25, 0.3) is 0 Å². The molecule has 3 aromatic rings. The normalized spacial score (nSPS) is 13.4. The lowest BCUT2D eigenvalue weighted by molar-refractivity contribution is -0.128. The molecule has 0 bridgehead atoms. The third kappa shape index (κ3) is 6.46. The van der Waals surface area contributed by atoms with Crippen LogP contribution < -0.4 is 14.4 Å². The minimum absolute atomic E-state index is 0.0436. The van der Waals surface area contributed by atoms with Crippen LogP contribution in [0, 0.1) is 6.92 Å². The van der Waals surface area contributed by atoms with Crippen molar-refractivity contribution in [1.29, 1.82) is 0 Å². The van der Waals surface area contributed by atoms with Crippen molar-refractivity contribution in [3.05, 3.63) is 88.4 Å². The fraction of sp³-hybridized carbons (Fsp3) is 0.286. The van der Waals surface area contributed by atoms with Gasteiger partial charge in [0.25, 0.3) is 10.0 Å². The van der Waals surface area contributed by atoms with E-state index >= 15 is 0 Å². The molecule has 0 saturated carbocycles. The number of nitrogens with zero attached hydrogens (tertiary/aromatic N) is 2. The van der Waals surface area contributed by atoms with Gasteiger partial charge in [0, 0.05) is 31.1 Å². The van der Waals surface area contributed by atoms with Crippen LogP contribution in [-0.4, -0.2) is 45.3 Å². The highest BCUT2D eigenvalue weighted by Crippen LogP contribution is 2.34. The van der Waals surface area contributed by atoms with Gasteiger partial charge in [-0.2, -0.15) is 0 Å². The second kappa shape index (κ2) is 11.9. The average Bonchev–Trinajstić information content (AvgIpc) is 3.30. The van der Waals surface area contributed by atoms with E-state index in [1.807, 2.05) is 36.1 Å². The Morgan fingerprint density at radius 2 is 1.82 bits per heavy atom. The standard InChI is InChI=1S/C28H30ClN3O5S/c1-20-8-11-24(12-9-20)38(35,36)32(25-16-23(29)10-13-26(25)37-2)19-27(33)30-17-21-5-3-6-22(15-21)18-31-14-4-7-28(31)34/h3,5-6,8-13,15-16H,4,7,14,17-19H2,1-2H3,(H,30,33). The summed E-state index contributed by atoms with van der Waals surface area (Å²) in [7, 11) is -2.70. The first-order valence-corrected chi connectivity index (χ1v) is 14.0. The average molecular weight is 556 g/mol. The quantitative estimate of drug-likeness (QED) is 0.402. The topological polar surface area (TPSA) is 96.0 Å². The zero-order valence-corrected chi connectivity index (χ0v) is 22.9. The molecule has 0 atom stereocenters. The summed E-state index contributed by atoms with van der Waals surface area (Å²) in [4.78, 5) is 26.9. The van der Waals surface area contributed by atoms with Gasteiger partial charge in [-0.15, -0.1) is 0 Å². The summed E-state index contributed by atoms with van der Waals surface area (Å²) >= 11 is 6.20. The zero-order chi connectivity index (χ0) is 27.3. The van der Waals surface area contributed by atoms with Gasteiger partial charge in [-0.3, -0.25) is 13.9 Å². The third-order valence-electron chi connectivity index (χ3n) is 6.33. The highest BCUT2D eigenvalue weighted by molar-refractivity contribution is 7.92. The smallest absolute Gasteiger partial charge is 0.264 e. The van der Waals surface area contributed by atoms with Crippen molar-refractivity contribution in [1.82, 2.24) is 10.2 Å². The van der Waals surface area contributed by atoms with Crippen LogP contribution in [0.4, 0.5) is 5.69 Å². The molecular weight excluding hydrogens is 526 g/mol. The van der Waals surface area contributed by atoms with Crippen LogP contribution in [0.1, 0.15) is 29.5 Å². The van der Waals surface area contributed by atoms with E-state index < -0.39 is 22.5 Å². The van der Waals surface area contributed by atoms with Gasteiger partial charge in [-0.25, -0.2) is 8.42 Å². The number of sulfonamides is 1. The number of benzene rings is 3. The van der Waals surface area contributed by atoms with Crippen molar-refractivity contribution >= 4 is 39.1 Å². The molecule has 10 heteroatoms. The van der Waals surface area contributed by atoms with E-state index in [4.69, 9.17) is 16.3 Å². The van der Waals surface area contributed by atoms with Gasteiger partial charge in [0.05, 0.1) is 17.7 Å². The van der Waals surface area contributed by atoms with E-state index in [-0.39, 0.29) is 28.8 Å². The molecule has 3 aromatic carbocycles. The van der Waals surface area contributed by atoms with Crippen molar-refractivity contribution in [2.75, 3.05) is 24.5 Å². The number of halogens is 1. The number of hydrogen-bond donors (Lipinski definition) is 1. The summed E-state index contributed by atoms with van der Waals surface area (Å²) in [6.07, 6.45) is 1.45. The van der Waals surface area contributed by atoms with Crippen LogP contribution in [0.5, 0.6) is 5.75 Å². The summed E-state index contributed by atoms with van der Waals surface area (Å²) in [5.74, 6) is -0.0834. The molecule has 1 heterocycles. The first-order chi connectivity index (χ1) is 18.2. The van der Waals surface area contributed by atoms with E-state index in [1.165, 1.54) is 25.3 Å². The van der Waals surface area contributed by atoms with Gasteiger partial charge < -0.3 is 15.0 Å². The Labute approximate surface area is 228 Å². The molecule has 1 aliphatic heterocycles. The minimum atomic E-state index is -4.13. The third-order valence-corrected chi connectivity index (χ3v) is 8.34. The second-order valence-corrected chi connectivity index (χ2v) is 11.5. The van der Waals surface area contributed by atoms with E-state index in [0.29, 0.717) is 18.0 Å². The SMILES string of the molecule is COc1ccc(Cl)cc1N(CC(=O)NCc1cccc(CN2CCCC2=O)c1)S(=O)(=O)c1ccc(C)cc1. The highest BCUT2D eigenvalue weighted by Gasteiger charge is 2.30. The number of carbonyl (C=O) groups is 2. The number of ether oxygens (including phenoxy) is 1. The van der Waals surface area contributed by atoms with Crippen LogP contribution in [0.15, 0.2) is 71.6 Å². The second-order valence-electron chi connectivity index (χ2n) is 9.16. The van der Waals surface area contributed by atoms with E-state index in [0.717, 1.165) is 34.0 Å². The maximum absolute atomic E-state index is 13.7. The number of hydrogen-bond acceptors (Lipinski definition) is 5. The molecule has 0 spiro atoms. The summed E-state index contributed by atoms with van der Waals surface area (Å²) in [5.41, 5.74) is 2.88. The zero-order valence-electron chi connectivity index (χ0n) is 21.3. The Bertz CT molecular complexity index is 1430. The molecule has 1 aliphatic rings. The number of rotatable bonds is 10. The van der Waals surface area contributed by atoms with Crippen molar-refractivity contribution in [2.24, 2.45) is 0 Å². The fourth-order valence-corrected chi connectivity index (χ4v) is 5.90. The van der Waals surface area contributed by atoms with Gasteiger partial charge >= 0.3 is 0 Å². The number of nitrogens with one attached hydrogen (secondary N) is 1. The fourth-order valence-electron chi connectivity index (χ4n) is 4.31. The predicted molar refractivity (Wildman–Crippen MR) is 147 cm³/mol. The minimum Gasteiger partial charge on any atom is -0.495 e. The Kier molecular flexibility index (Phi) is 8.58. The Morgan fingerprint density at radius 1 is 1.08 bits per heavy atom. The van der Waals surface area contributed by atoms with Crippen molar-refractivity contribution in [3.63, 3.8) is 0 Å². The van der Waals surface area contributed by atoms with Crippen molar-refractivity contribution in [2.45, 2.75) is 37.8 Å². The van der Waals surface area contributed by atoms with Gasteiger partial charge in [-0.05, 0) is 54.8 Å². The molecule has 1 N–H and O–H groups in total. The molecule has 1 saturated heterocycles. The molecular formula is C28H30ClN3O5S. The maximum Gasteiger partial charge on any atom is 0.264 e. The number of anilines is 1. The highest BCUT2D eigenvalue weighted by atomic mass is 35.5. The van der Waals surface area contributed by atoms with Crippen LogP contribution in [0.2, 0.25) is 5.02 Å². The lowest BCUT2D eigenvalue weighted by atomic mass is 10.1. The molecule has 38 heavy (non-hydrogen) atoms. The molecule has 4 rings (SSSR count). The molecule has 0 radical (unpaired) electrons. The van der Waals surface area contributed by atoms with E-state index in [2.05, 4.69) is 5.32 Å². The van der Waals surface area contributed by atoms with Crippen molar-refractivity contribution in [3.8, 4) is 5.75 Å². The molecule has 0 aromatic heterocycles. The molecule has 0 unspecified atom stereocenters. The molecule has 1 fully saturated rings. The van der Waals surface area contributed by atoms with E-state index in [1.54, 1.807) is 24.3 Å². The number of methoxy groups -OCH3 is 1. The molecule has 200 valence electrons. The predicted octanol–water partition coefficient (Wildman–Crippen LogP) is 4.29. The summed E-state index contributed by atoms with van der Waals surface area (Å²) in [6, 6.07) is 18.6. The van der Waals surface area contributed by atoms with Gasteiger partial charge in [-0.1, -0.05) is 53.6 Å². The number of carbonyl (C=O) groups excluding carboxylic acids is 2. The Morgan fingerprint density at radius 3 is 2.50 bits per heavy atom. The Hall–Kier alpha value is -3.56. The number of amides is 2. The molecule has 0 aliphatic carbocycles. The summed E-state index contributed by atoms with van der Waals surface area (Å²) in [6.45, 7) is 2.86. The van der Waals surface area contributed by atoms with E-state index in [9.17, 15) is 18.0 Å². The van der Waals surface area contributed by atoms with Crippen LogP contribution in [-0.2, 0) is 32.7 Å². The molecule has 2 amide bonds. The monoisotopic (exact) mass is 555 g/mol. The lowest BCUT2D eigenvalue weighted by Gasteiger charge is -2.26. The van der Waals surface area contributed by atoms with Crippen LogP contribution in [0.3, 0.4) is 0 Å². The molecule has 8 nitrogen and oxygen atoms in total. The first-order valence-electron chi connectivity index (χ1n) is 12.2. The van der Waals surface area contributed by atoms with Crippen molar-refractivity contribution < 1.29 is 22.7 Å². The summed E-state index contributed by atoms with van der Waals surface area (Å²) in [5, 5.41) is 3.12. The Balaban J connectivity index is 1.54. The van der Waals surface area contributed by atoms with Gasteiger partial charge in [0.1, 0.15) is 12.3 Å². The van der Waals surface area contributed by atoms with Gasteiger partial charge in [0.15, 0.2) is 0 Å². The summed E-state index contributed by atoms with van der Waals surface area (Å²) < 4.78 is 33.8. The lowest BCUT2D eigenvalue weighted by Crippen LogP contribution is -2.40. The van der Waals surface area contributed by atoms with Crippen LogP contribution >= 0.6 is 11.6 Å². The number of likely N-dealkylation sites (tertiary alicyclic amines) is 1. The number of aryl methyl sites for hydroxylation is 1.